The Bertz CT molecular complexity index is 811. The predicted molar refractivity (Wildman–Crippen MR) is 80.9 cm³/mol. The van der Waals surface area contributed by atoms with Crippen molar-refractivity contribution in [1.29, 1.82) is 5.26 Å². The number of benzene rings is 1. The van der Waals surface area contributed by atoms with Gasteiger partial charge in [0.15, 0.2) is 23.4 Å². The molecule has 1 atom stereocenters. The molecule has 1 aromatic heterocycles. The Morgan fingerprint density at radius 2 is 2.08 bits per heavy atom. The molecule has 24 heavy (non-hydrogen) atoms. The van der Waals surface area contributed by atoms with Crippen LogP contribution in [-0.4, -0.2) is 20.7 Å². The number of fused-ring (bicyclic) bond motifs is 1. The molecule has 8 heteroatoms. The summed E-state index contributed by atoms with van der Waals surface area (Å²) >= 11 is 0. The standard InChI is InChI=1S/C16H15F2N5O/c17-12-6-5-10(8-13(12)18)20-16(24)11(9-19)15-22-21-14-4-2-1-3-7-23(14)15/h5-6,8,11H,1-4,7H2,(H,20,24). The van der Waals surface area contributed by atoms with Crippen LogP contribution in [0, 0.1) is 23.0 Å². The first-order valence-corrected chi connectivity index (χ1v) is 7.67. The van der Waals surface area contributed by atoms with Crippen LogP contribution in [0.15, 0.2) is 18.2 Å². The third kappa shape index (κ3) is 3.11. The van der Waals surface area contributed by atoms with Crippen LogP contribution in [0.2, 0.25) is 0 Å². The molecule has 1 aliphatic rings. The van der Waals surface area contributed by atoms with Crippen molar-refractivity contribution >= 4 is 11.6 Å². The molecule has 1 aromatic carbocycles. The molecule has 3 rings (SSSR count). The maximum absolute atomic E-state index is 13.2. The number of nitrogens with zero attached hydrogens (tertiary/aromatic N) is 4. The lowest BCUT2D eigenvalue weighted by Gasteiger charge is -2.12. The number of hydrogen-bond donors (Lipinski definition) is 1. The van der Waals surface area contributed by atoms with Crippen molar-refractivity contribution in [3.8, 4) is 6.07 Å². The Labute approximate surface area is 137 Å². The van der Waals surface area contributed by atoms with Gasteiger partial charge in [-0.25, -0.2) is 8.78 Å². The maximum Gasteiger partial charge on any atom is 0.249 e. The van der Waals surface area contributed by atoms with E-state index in [4.69, 9.17) is 0 Å². The van der Waals surface area contributed by atoms with Crippen molar-refractivity contribution in [2.24, 2.45) is 0 Å². The Morgan fingerprint density at radius 1 is 1.25 bits per heavy atom. The predicted octanol–water partition coefficient (Wildman–Crippen LogP) is 2.53. The van der Waals surface area contributed by atoms with Gasteiger partial charge in [-0.2, -0.15) is 5.26 Å². The summed E-state index contributed by atoms with van der Waals surface area (Å²) in [6.45, 7) is 0.661. The molecular formula is C16H15F2N5O. The van der Waals surface area contributed by atoms with Crippen molar-refractivity contribution in [1.82, 2.24) is 14.8 Å². The number of amides is 1. The molecule has 0 spiro atoms. The molecule has 1 N–H and O–H groups in total. The minimum Gasteiger partial charge on any atom is -0.324 e. The van der Waals surface area contributed by atoms with E-state index in [-0.39, 0.29) is 11.5 Å². The second kappa shape index (κ2) is 6.74. The van der Waals surface area contributed by atoms with Gasteiger partial charge in [0.05, 0.1) is 6.07 Å². The normalized spacial score (nSPS) is 15.0. The molecule has 0 saturated carbocycles. The summed E-state index contributed by atoms with van der Waals surface area (Å²) in [5, 5.41) is 19.9. The summed E-state index contributed by atoms with van der Waals surface area (Å²) in [6.07, 6.45) is 3.74. The van der Waals surface area contributed by atoms with Gasteiger partial charge in [0.25, 0.3) is 0 Å². The molecule has 0 bridgehead atoms. The zero-order valence-electron chi connectivity index (χ0n) is 12.8. The molecule has 1 aliphatic heterocycles. The van der Waals surface area contributed by atoms with Gasteiger partial charge in [-0.15, -0.1) is 10.2 Å². The van der Waals surface area contributed by atoms with E-state index < -0.39 is 23.5 Å². The summed E-state index contributed by atoms with van der Waals surface area (Å²) in [6, 6.07) is 4.93. The summed E-state index contributed by atoms with van der Waals surface area (Å²) in [5.41, 5.74) is 0.0785. The van der Waals surface area contributed by atoms with Gasteiger partial charge in [0.2, 0.25) is 5.91 Å². The van der Waals surface area contributed by atoms with Gasteiger partial charge in [0, 0.05) is 24.7 Å². The molecule has 1 unspecified atom stereocenters. The lowest BCUT2D eigenvalue weighted by atomic mass is 10.1. The number of aromatic nitrogens is 3. The first-order valence-electron chi connectivity index (χ1n) is 7.67. The molecule has 1 amide bonds. The highest BCUT2D eigenvalue weighted by Gasteiger charge is 2.28. The SMILES string of the molecule is N#CC(C(=O)Nc1ccc(F)c(F)c1)c1nnc2n1CCCCC2. The van der Waals surface area contributed by atoms with Crippen molar-refractivity contribution in [2.75, 3.05) is 5.32 Å². The number of hydrogen-bond acceptors (Lipinski definition) is 4. The van der Waals surface area contributed by atoms with Gasteiger partial charge in [-0.3, -0.25) is 4.79 Å². The van der Waals surface area contributed by atoms with E-state index in [0.29, 0.717) is 6.54 Å². The van der Waals surface area contributed by atoms with E-state index in [0.717, 1.165) is 43.6 Å². The Morgan fingerprint density at radius 3 is 2.83 bits per heavy atom. The molecule has 2 aromatic rings. The van der Waals surface area contributed by atoms with Gasteiger partial charge in [-0.1, -0.05) is 6.42 Å². The van der Waals surface area contributed by atoms with Gasteiger partial charge < -0.3 is 9.88 Å². The summed E-state index contributed by atoms with van der Waals surface area (Å²) in [7, 11) is 0. The summed E-state index contributed by atoms with van der Waals surface area (Å²) in [4.78, 5) is 12.4. The number of carbonyl (C=O) groups is 1. The Hall–Kier alpha value is -2.82. The first kappa shape index (κ1) is 16.1. The fourth-order valence-corrected chi connectivity index (χ4v) is 2.74. The van der Waals surface area contributed by atoms with Crippen LogP contribution in [0.25, 0.3) is 0 Å². The van der Waals surface area contributed by atoms with Gasteiger partial charge in [0.1, 0.15) is 5.82 Å². The smallest absolute Gasteiger partial charge is 0.249 e. The molecule has 124 valence electrons. The zero-order valence-corrected chi connectivity index (χ0v) is 12.8. The van der Waals surface area contributed by atoms with Gasteiger partial charge in [-0.05, 0) is 25.0 Å². The highest BCUT2D eigenvalue weighted by atomic mass is 19.2. The first-order chi connectivity index (χ1) is 11.6. The molecule has 0 aliphatic carbocycles. The number of anilines is 1. The largest absolute Gasteiger partial charge is 0.324 e. The topological polar surface area (TPSA) is 83.6 Å². The highest BCUT2D eigenvalue weighted by Crippen LogP contribution is 2.22. The molecule has 0 radical (unpaired) electrons. The fraction of sp³-hybridized carbons (Fsp3) is 0.375. The number of aryl methyl sites for hydroxylation is 1. The van der Waals surface area contributed by atoms with E-state index in [9.17, 15) is 18.8 Å². The molecule has 0 saturated heterocycles. The van der Waals surface area contributed by atoms with E-state index >= 15 is 0 Å². The van der Waals surface area contributed by atoms with E-state index in [2.05, 4.69) is 15.5 Å². The number of halogens is 2. The Balaban J connectivity index is 1.84. The monoisotopic (exact) mass is 331 g/mol. The minimum atomic E-state index is -1.17. The van der Waals surface area contributed by atoms with Crippen LogP contribution >= 0.6 is 0 Å². The van der Waals surface area contributed by atoms with Crippen LogP contribution in [0.3, 0.4) is 0 Å². The van der Waals surface area contributed by atoms with E-state index in [1.54, 1.807) is 0 Å². The minimum absolute atomic E-state index is 0.0785. The zero-order chi connectivity index (χ0) is 17.1. The van der Waals surface area contributed by atoms with Crippen molar-refractivity contribution in [3.63, 3.8) is 0 Å². The van der Waals surface area contributed by atoms with Crippen molar-refractivity contribution in [2.45, 2.75) is 38.1 Å². The van der Waals surface area contributed by atoms with E-state index in [1.165, 1.54) is 6.07 Å². The maximum atomic E-state index is 13.2. The third-order valence-electron chi connectivity index (χ3n) is 3.97. The highest BCUT2D eigenvalue weighted by molar-refractivity contribution is 5.97. The summed E-state index contributed by atoms with van der Waals surface area (Å²) < 4.78 is 28.0. The van der Waals surface area contributed by atoms with E-state index in [1.807, 2.05) is 10.6 Å². The average molecular weight is 331 g/mol. The third-order valence-corrected chi connectivity index (χ3v) is 3.97. The molecule has 2 heterocycles. The number of nitriles is 1. The molecule has 6 nitrogen and oxygen atoms in total. The number of nitrogens with one attached hydrogen (secondary N) is 1. The quantitative estimate of drug-likeness (QED) is 0.937. The van der Waals surface area contributed by atoms with Gasteiger partial charge >= 0.3 is 0 Å². The van der Waals surface area contributed by atoms with Crippen molar-refractivity contribution < 1.29 is 13.6 Å². The molecule has 0 fully saturated rings. The Kier molecular flexibility index (Phi) is 4.51. The lowest BCUT2D eigenvalue weighted by molar-refractivity contribution is -0.116. The summed E-state index contributed by atoms with van der Waals surface area (Å²) in [5.74, 6) is -2.84. The average Bonchev–Trinajstić information content (AvgIpc) is 2.80. The van der Waals surface area contributed by atoms with Crippen molar-refractivity contribution in [3.05, 3.63) is 41.5 Å². The van der Waals surface area contributed by atoms with Crippen LogP contribution in [0.1, 0.15) is 36.8 Å². The second-order valence-electron chi connectivity index (χ2n) is 5.62. The van der Waals surface area contributed by atoms with Crippen LogP contribution in [-0.2, 0) is 17.8 Å². The van der Waals surface area contributed by atoms with Crippen LogP contribution < -0.4 is 5.32 Å². The van der Waals surface area contributed by atoms with Crippen LogP contribution in [0.5, 0.6) is 0 Å². The fourth-order valence-electron chi connectivity index (χ4n) is 2.74. The molecular weight excluding hydrogens is 316 g/mol. The lowest BCUT2D eigenvalue weighted by Crippen LogP contribution is -2.23. The van der Waals surface area contributed by atoms with Crippen LogP contribution in [0.4, 0.5) is 14.5 Å². The second-order valence-corrected chi connectivity index (χ2v) is 5.62. The number of rotatable bonds is 3. The number of carbonyl (C=O) groups excluding carboxylic acids is 1.